The Morgan fingerprint density at radius 3 is 2.38 bits per heavy atom. The van der Waals surface area contributed by atoms with Crippen LogP contribution in [-0.4, -0.2) is 24.3 Å². The average Bonchev–Trinajstić information content (AvgIpc) is 3.32. The van der Waals surface area contributed by atoms with Crippen LogP contribution in [0.15, 0.2) is 23.1 Å². The van der Waals surface area contributed by atoms with Gasteiger partial charge in [-0.3, -0.25) is 9.59 Å². The predicted molar refractivity (Wildman–Crippen MR) is 82.0 cm³/mol. The maximum absolute atomic E-state index is 14.1. The van der Waals surface area contributed by atoms with Gasteiger partial charge in [-0.05, 0) is 25.8 Å². The molecule has 1 heterocycles. The number of carbonyl (C=O) groups is 1. The van der Waals surface area contributed by atoms with Crippen LogP contribution in [0.4, 0.5) is 17.6 Å². The van der Waals surface area contributed by atoms with Crippen molar-refractivity contribution in [2.24, 2.45) is 0 Å². The average molecular weight is 393 g/mol. The number of pyridine rings is 1. The van der Waals surface area contributed by atoms with Gasteiger partial charge in [0.15, 0.2) is 22.8 Å². The van der Waals surface area contributed by atoms with E-state index in [4.69, 9.17) is 0 Å². The van der Waals surface area contributed by atoms with Crippen molar-refractivity contribution in [3.63, 3.8) is 0 Å². The number of halogens is 4. The molecule has 3 rings (SSSR count). The maximum Gasteiger partial charge on any atom is 0.534 e. The molecule has 0 unspecified atom stereocenters. The predicted octanol–water partition coefficient (Wildman–Crippen LogP) is 2.91. The van der Waals surface area contributed by atoms with Gasteiger partial charge in [-0.25, -0.2) is 4.39 Å². The van der Waals surface area contributed by atoms with Gasteiger partial charge < -0.3 is 8.75 Å². The molecule has 0 spiro atoms. The topological polar surface area (TPSA) is 82.4 Å². The summed E-state index contributed by atoms with van der Waals surface area (Å²) in [6.07, 6.45) is 2.61. The summed E-state index contributed by atoms with van der Waals surface area (Å²) in [5, 5.41) is -0.251. The van der Waals surface area contributed by atoms with E-state index in [9.17, 15) is 35.6 Å². The van der Waals surface area contributed by atoms with E-state index in [1.807, 2.05) is 0 Å². The maximum atomic E-state index is 14.1. The van der Waals surface area contributed by atoms with Gasteiger partial charge in [-0.1, -0.05) is 0 Å². The summed E-state index contributed by atoms with van der Waals surface area (Å²) in [6.45, 7) is 1.16. The van der Waals surface area contributed by atoms with Gasteiger partial charge in [-0.15, -0.1) is 0 Å². The van der Waals surface area contributed by atoms with Gasteiger partial charge in [0, 0.05) is 23.7 Å². The molecular formula is C15H11F4NO5S. The Labute approximate surface area is 144 Å². The fraction of sp³-hybridized carbons (Fsp3) is 0.333. The SMILES string of the molecule is CC(=O)c1cn(C2CC2)c2cc(OS(=O)(=O)C(F)(F)F)c(F)cc2c1=O. The molecule has 0 bridgehead atoms. The van der Waals surface area contributed by atoms with Crippen molar-refractivity contribution in [2.75, 3.05) is 0 Å². The molecule has 0 radical (unpaired) electrons. The quantitative estimate of drug-likeness (QED) is 0.345. The molecule has 0 N–H and O–H groups in total. The Morgan fingerprint density at radius 1 is 1.27 bits per heavy atom. The van der Waals surface area contributed by atoms with Crippen LogP contribution < -0.4 is 9.61 Å². The van der Waals surface area contributed by atoms with E-state index in [1.165, 1.54) is 10.8 Å². The molecule has 1 fully saturated rings. The number of aromatic nitrogens is 1. The first-order valence-corrected chi connectivity index (χ1v) is 8.73. The zero-order valence-corrected chi connectivity index (χ0v) is 13.9. The molecule has 0 aliphatic heterocycles. The van der Waals surface area contributed by atoms with Crippen molar-refractivity contribution in [3.05, 3.63) is 39.9 Å². The number of ketones is 1. The Hall–Kier alpha value is -2.43. The monoisotopic (exact) mass is 393 g/mol. The molecule has 1 aromatic carbocycles. The third kappa shape index (κ3) is 3.06. The lowest BCUT2D eigenvalue weighted by Crippen LogP contribution is -2.28. The Morgan fingerprint density at radius 2 is 1.88 bits per heavy atom. The van der Waals surface area contributed by atoms with E-state index in [-0.39, 0.29) is 22.5 Å². The first-order valence-electron chi connectivity index (χ1n) is 7.32. The highest BCUT2D eigenvalue weighted by atomic mass is 32.2. The van der Waals surface area contributed by atoms with Crippen LogP contribution in [0.2, 0.25) is 0 Å². The van der Waals surface area contributed by atoms with Gasteiger partial charge >= 0.3 is 15.6 Å². The number of hydrogen-bond donors (Lipinski definition) is 0. The number of rotatable bonds is 4. The summed E-state index contributed by atoms with van der Waals surface area (Å²) < 4.78 is 79.1. The number of benzene rings is 1. The molecule has 0 amide bonds. The summed E-state index contributed by atoms with van der Waals surface area (Å²) in [4.78, 5) is 24.0. The summed E-state index contributed by atoms with van der Waals surface area (Å²) in [7, 11) is -6.07. The van der Waals surface area contributed by atoms with Gasteiger partial charge in [0.1, 0.15) is 0 Å². The van der Waals surface area contributed by atoms with Gasteiger partial charge in [0.25, 0.3) is 0 Å². The van der Waals surface area contributed by atoms with Gasteiger partial charge in [0.05, 0.1) is 11.1 Å². The third-order valence-electron chi connectivity index (χ3n) is 3.89. The molecule has 0 saturated heterocycles. The number of Topliss-reactive ketones (excluding diaryl/α,β-unsaturated/α-hetero) is 1. The van der Waals surface area contributed by atoms with Crippen LogP contribution in [0.3, 0.4) is 0 Å². The highest BCUT2D eigenvalue weighted by Crippen LogP contribution is 2.38. The van der Waals surface area contributed by atoms with Crippen LogP contribution in [-0.2, 0) is 10.1 Å². The second-order valence-electron chi connectivity index (χ2n) is 5.85. The van der Waals surface area contributed by atoms with Crippen molar-refractivity contribution in [2.45, 2.75) is 31.3 Å². The zero-order valence-electron chi connectivity index (χ0n) is 13.1. The minimum absolute atomic E-state index is 0.0173. The molecule has 0 atom stereocenters. The first kappa shape index (κ1) is 18.4. The van der Waals surface area contributed by atoms with Crippen LogP contribution in [0.25, 0.3) is 10.9 Å². The van der Waals surface area contributed by atoms with E-state index in [0.717, 1.165) is 13.0 Å². The molecule has 1 saturated carbocycles. The molecule has 1 aliphatic rings. The van der Waals surface area contributed by atoms with Crippen molar-refractivity contribution in [3.8, 4) is 5.75 Å². The molecular weight excluding hydrogens is 382 g/mol. The van der Waals surface area contributed by atoms with Crippen LogP contribution in [0, 0.1) is 5.82 Å². The van der Waals surface area contributed by atoms with Crippen LogP contribution >= 0.6 is 0 Å². The normalized spacial score (nSPS) is 15.3. The zero-order chi connectivity index (χ0) is 19.4. The van der Waals surface area contributed by atoms with Crippen molar-refractivity contribution in [1.29, 1.82) is 0 Å². The largest absolute Gasteiger partial charge is 0.534 e. The van der Waals surface area contributed by atoms with Gasteiger partial charge in [0.2, 0.25) is 0 Å². The number of carbonyl (C=O) groups excluding carboxylic acids is 1. The Balaban J connectivity index is 2.25. The lowest BCUT2D eigenvalue weighted by molar-refractivity contribution is -0.0500. The van der Waals surface area contributed by atoms with E-state index in [0.29, 0.717) is 18.9 Å². The van der Waals surface area contributed by atoms with E-state index >= 15 is 0 Å². The number of hydrogen-bond acceptors (Lipinski definition) is 5. The molecule has 1 aromatic heterocycles. The molecule has 1 aliphatic carbocycles. The summed E-state index contributed by atoms with van der Waals surface area (Å²) >= 11 is 0. The second-order valence-corrected chi connectivity index (χ2v) is 7.39. The lowest BCUT2D eigenvalue weighted by Gasteiger charge is -2.14. The number of nitrogens with zero attached hydrogens (tertiary/aromatic N) is 1. The summed E-state index contributed by atoms with van der Waals surface area (Å²) in [6, 6.07) is 1.16. The standard InChI is InChI=1S/C15H11F4NO5S/c1-7(21)10-6-20(8-2-3-8)12-5-13(11(16)4-9(12)14(10)22)25-26(23,24)15(17,18)19/h4-6,8H,2-3H2,1H3. The van der Waals surface area contributed by atoms with E-state index in [2.05, 4.69) is 4.18 Å². The Kier molecular flexibility index (Phi) is 4.09. The fourth-order valence-electron chi connectivity index (χ4n) is 2.49. The molecule has 140 valence electrons. The Bertz CT molecular complexity index is 1080. The van der Waals surface area contributed by atoms with Crippen LogP contribution in [0.1, 0.15) is 36.2 Å². The lowest BCUT2D eigenvalue weighted by atomic mass is 10.1. The number of fused-ring (bicyclic) bond motifs is 1. The first-order chi connectivity index (χ1) is 11.9. The minimum atomic E-state index is -6.07. The van der Waals surface area contributed by atoms with E-state index < -0.39 is 38.4 Å². The number of alkyl halides is 3. The van der Waals surface area contributed by atoms with Crippen molar-refractivity contribution in [1.82, 2.24) is 4.57 Å². The highest BCUT2D eigenvalue weighted by Gasteiger charge is 2.49. The van der Waals surface area contributed by atoms with E-state index in [1.54, 1.807) is 0 Å². The highest BCUT2D eigenvalue weighted by molar-refractivity contribution is 7.88. The summed E-state index contributed by atoms with van der Waals surface area (Å²) in [5.41, 5.74) is -6.74. The smallest absolute Gasteiger partial charge is 0.373 e. The van der Waals surface area contributed by atoms with Crippen molar-refractivity contribution >= 4 is 26.8 Å². The minimum Gasteiger partial charge on any atom is -0.373 e. The summed E-state index contributed by atoms with van der Waals surface area (Å²) in [5.74, 6) is -3.20. The second kappa shape index (κ2) is 5.79. The van der Waals surface area contributed by atoms with Crippen LogP contribution in [0.5, 0.6) is 5.75 Å². The van der Waals surface area contributed by atoms with Crippen molar-refractivity contribution < 1.29 is 35.0 Å². The van der Waals surface area contributed by atoms with Gasteiger partial charge in [-0.2, -0.15) is 21.6 Å². The fourth-order valence-corrected chi connectivity index (χ4v) is 2.94. The molecule has 6 nitrogen and oxygen atoms in total. The molecule has 11 heteroatoms. The third-order valence-corrected chi connectivity index (χ3v) is 4.85. The molecule has 2 aromatic rings. The molecule has 26 heavy (non-hydrogen) atoms.